The van der Waals surface area contributed by atoms with Gasteiger partial charge in [-0.2, -0.15) is 8.78 Å². The number of rotatable bonds is 4. The summed E-state index contributed by atoms with van der Waals surface area (Å²) in [6, 6.07) is 7.88. The van der Waals surface area contributed by atoms with Gasteiger partial charge in [0.2, 0.25) is 0 Å². The lowest BCUT2D eigenvalue weighted by Gasteiger charge is -2.26. The standard InChI is InChI=1S/C24H24ClF2N3O4/c1-12-10-17(33-21(26)27)18(14-8-9-30(19(12)14)22(31)34-23(2,3)4)24(5,32)20-28-15-7-6-13(25)11-16(15)29-20/h6-11,21,32H,1-5H3,(H,28,29). The van der Waals surface area contributed by atoms with E-state index in [9.17, 15) is 18.7 Å². The number of nitrogens with zero attached hydrogens (tertiary/aromatic N) is 2. The van der Waals surface area contributed by atoms with Crippen molar-refractivity contribution in [1.29, 1.82) is 0 Å². The van der Waals surface area contributed by atoms with E-state index in [0.717, 1.165) is 0 Å². The Hall–Kier alpha value is -3.17. The topological polar surface area (TPSA) is 89.4 Å². The molecule has 10 heteroatoms. The first-order chi connectivity index (χ1) is 15.8. The minimum Gasteiger partial charge on any atom is -0.443 e. The molecule has 2 N–H and O–H groups in total. The van der Waals surface area contributed by atoms with E-state index >= 15 is 0 Å². The molecule has 2 aromatic carbocycles. The number of ether oxygens (including phenoxy) is 2. The van der Waals surface area contributed by atoms with E-state index in [1.54, 1.807) is 52.0 Å². The number of halogens is 3. The molecule has 0 spiro atoms. The highest BCUT2D eigenvalue weighted by atomic mass is 35.5. The van der Waals surface area contributed by atoms with Crippen LogP contribution in [-0.2, 0) is 10.3 Å². The van der Waals surface area contributed by atoms with E-state index in [4.69, 9.17) is 21.1 Å². The van der Waals surface area contributed by atoms with Crippen LogP contribution < -0.4 is 4.74 Å². The zero-order valence-electron chi connectivity index (χ0n) is 19.2. The second-order valence-corrected chi connectivity index (χ2v) is 9.63. The summed E-state index contributed by atoms with van der Waals surface area (Å²) in [5.41, 5.74) is -0.644. The van der Waals surface area contributed by atoms with Crippen molar-refractivity contribution in [2.24, 2.45) is 0 Å². The molecule has 7 nitrogen and oxygen atoms in total. The Morgan fingerprint density at radius 3 is 2.56 bits per heavy atom. The maximum atomic E-state index is 13.3. The Kier molecular flexibility index (Phi) is 5.81. The molecule has 0 aliphatic carbocycles. The molecule has 180 valence electrons. The monoisotopic (exact) mass is 491 g/mol. The molecule has 0 radical (unpaired) electrons. The van der Waals surface area contributed by atoms with Crippen LogP contribution in [0.1, 0.15) is 44.6 Å². The zero-order valence-corrected chi connectivity index (χ0v) is 20.0. The van der Waals surface area contributed by atoms with Gasteiger partial charge in [-0.1, -0.05) is 11.6 Å². The molecular weight excluding hydrogens is 468 g/mol. The van der Waals surface area contributed by atoms with Gasteiger partial charge in [0.25, 0.3) is 0 Å². The van der Waals surface area contributed by atoms with Gasteiger partial charge in [-0.25, -0.2) is 9.78 Å². The van der Waals surface area contributed by atoms with Gasteiger partial charge in [0.1, 0.15) is 22.8 Å². The van der Waals surface area contributed by atoms with E-state index < -0.39 is 23.9 Å². The van der Waals surface area contributed by atoms with E-state index in [1.807, 2.05) is 0 Å². The van der Waals surface area contributed by atoms with Gasteiger partial charge in [0, 0.05) is 22.2 Å². The number of aromatic nitrogens is 3. The third kappa shape index (κ3) is 4.33. The lowest BCUT2D eigenvalue weighted by Crippen LogP contribution is -2.28. The Morgan fingerprint density at radius 1 is 1.21 bits per heavy atom. The Bertz CT molecular complexity index is 1400. The van der Waals surface area contributed by atoms with E-state index in [-0.39, 0.29) is 17.1 Å². The fourth-order valence-electron chi connectivity index (χ4n) is 3.99. The highest BCUT2D eigenvalue weighted by Gasteiger charge is 2.37. The predicted molar refractivity (Wildman–Crippen MR) is 125 cm³/mol. The summed E-state index contributed by atoms with van der Waals surface area (Å²) in [5.74, 6) is -0.135. The lowest BCUT2D eigenvalue weighted by atomic mass is 9.90. The van der Waals surface area contributed by atoms with Crippen LogP contribution >= 0.6 is 11.6 Å². The predicted octanol–water partition coefficient (Wildman–Crippen LogP) is 6.12. The second kappa shape index (κ2) is 8.25. The second-order valence-electron chi connectivity index (χ2n) is 9.19. The van der Waals surface area contributed by atoms with Crippen molar-refractivity contribution in [1.82, 2.24) is 14.5 Å². The molecule has 0 amide bonds. The number of carbonyl (C=O) groups is 1. The van der Waals surface area contributed by atoms with Crippen molar-refractivity contribution in [3.63, 3.8) is 0 Å². The minimum atomic E-state index is -3.13. The summed E-state index contributed by atoms with van der Waals surface area (Å²) in [5, 5.41) is 12.5. The van der Waals surface area contributed by atoms with Crippen LogP contribution in [0.25, 0.3) is 21.9 Å². The number of aliphatic hydroxyl groups is 1. The SMILES string of the molecule is Cc1cc(OC(F)F)c(C(C)(O)c2nc3ccc(Cl)cc3[nH]2)c2ccn(C(=O)OC(C)(C)C)c12. The Morgan fingerprint density at radius 2 is 1.91 bits per heavy atom. The summed E-state index contributed by atoms with van der Waals surface area (Å²) in [6.45, 7) is 5.16. The van der Waals surface area contributed by atoms with E-state index in [1.165, 1.54) is 23.8 Å². The first-order valence-corrected chi connectivity index (χ1v) is 10.9. The van der Waals surface area contributed by atoms with Gasteiger partial charge in [0.05, 0.1) is 16.6 Å². The van der Waals surface area contributed by atoms with E-state index in [0.29, 0.717) is 32.5 Å². The number of hydrogen-bond acceptors (Lipinski definition) is 5. The van der Waals surface area contributed by atoms with E-state index in [2.05, 4.69) is 9.97 Å². The quantitative estimate of drug-likeness (QED) is 0.359. The van der Waals surface area contributed by atoms with Gasteiger partial charge >= 0.3 is 12.7 Å². The number of fused-ring (bicyclic) bond motifs is 2. The molecule has 34 heavy (non-hydrogen) atoms. The smallest absolute Gasteiger partial charge is 0.419 e. The summed E-state index contributed by atoms with van der Waals surface area (Å²) in [4.78, 5) is 20.3. The normalized spacial score (nSPS) is 14.1. The van der Waals surface area contributed by atoms with Crippen LogP contribution in [0, 0.1) is 6.92 Å². The van der Waals surface area contributed by atoms with Crippen LogP contribution in [0.2, 0.25) is 5.02 Å². The molecule has 2 heterocycles. The molecule has 0 aliphatic rings. The number of imidazole rings is 1. The minimum absolute atomic E-state index is 0.0286. The van der Waals surface area contributed by atoms with Crippen LogP contribution in [0.15, 0.2) is 36.5 Å². The van der Waals surface area contributed by atoms with Crippen LogP contribution in [0.3, 0.4) is 0 Å². The highest BCUT2D eigenvalue weighted by Crippen LogP contribution is 2.42. The van der Waals surface area contributed by atoms with Crippen molar-refractivity contribution in [2.75, 3.05) is 0 Å². The molecule has 4 aromatic rings. The maximum Gasteiger partial charge on any atom is 0.419 e. The van der Waals surface area contributed by atoms with Gasteiger partial charge in [-0.3, -0.25) is 4.57 Å². The number of aryl methyl sites for hydroxylation is 1. The first kappa shape index (κ1) is 24.0. The number of nitrogens with one attached hydrogen (secondary N) is 1. The fourth-order valence-corrected chi connectivity index (χ4v) is 4.16. The number of aromatic amines is 1. The van der Waals surface area contributed by atoms with Crippen LogP contribution in [0.4, 0.5) is 13.6 Å². The third-order valence-corrected chi connectivity index (χ3v) is 5.56. The van der Waals surface area contributed by atoms with Gasteiger partial charge in [-0.05, 0) is 70.5 Å². The fraction of sp³-hybridized carbons (Fsp3) is 0.333. The molecule has 0 saturated carbocycles. The number of H-pyrrole nitrogens is 1. The van der Waals surface area contributed by atoms with Gasteiger partial charge in [-0.15, -0.1) is 0 Å². The number of alkyl halides is 2. The largest absolute Gasteiger partial charge is 0.443 e. The molecule has 0 aliphatic heterocycles. The molecular formula is C24H24ClF2N3O4. The molecule has 0 saturated heterocycles. The third-order valence-electron chi connectivity index (χ3n) is 5.32. The van der Waals surface area contributed by atoms with Crippen molar-refractivity contribution in [3.8, 4) is 5.75 Å². The summed E-state index contributed by atoms with van der Waals surface area (Å²) >= 11 is 6.06. The first-order valence-electron chi connectivity index (χ1n) is 10.5. The van der Waals surface area contributed by atoms with Gasteiger partial charge in [0.15, 0.2) is 0 Å². The van der Waals surface area contributed by atoms with Crippen molar-refractivity contribution in [3.05, 3.63) is 58.5 Å². The van der Waals surface area contributed by atoms with Crippen LogP contribution in [-0.4, -0.2) is 37.9 Å². The molecule has 4 rings (SSSR count). The summed E-state index contributed by atoms with van der Waals surface area (Å²) < 4.78 is 38.2. The highest BCUT2D eigenvalue weighted by molar-refractivity contribution is 6.31. The summed E-state index contributed by atoms with van der Waals surface area (Å²) in [7, 11) is 0. The zero-order chi connectivity index (χ0) is 25.0. The van der Waals surface area contributed by atoms with Crippen molar-refractivity contribution >= 4 is 39.6 Å². The Labute approximate surface area is 199 Å². The average Bonchev–Trinajstić information content (AvgIpc) is 3.30. The Balaban J connectivity index is 1.96. The molecule has 1 unspecified atom stereocenters. The number of hydrogen-bond donors (Lipinski definition) is 2. The van der Waals surface area contributed by atoms with Gasteiger partial charge < -0.3 is 19.6 Å². The summed E-state index contributed by atoms with van der Waals surface area (Å²) in [6.07, 6.45) is 0.827. The maximum absolute atomic E-state index is 13.3. The molecule has 1 atom stereocenters. The number of carbonyl (C=O) groups excluding carboxylic acids is 1. The molecule has 2 aromatic heterocycles. The van der Waals surface area contributed by atoms with Crippen LogP contribution in [0.5, 0.6) is 5.75 Å². The molecule has 0 fully saturated rings. The van der Waals surface area contributed by atoms with Crippen molar-refractivity contribution < 1.29 is 28.2 Å². The lowest BCUT2D eigenvalue weighted by molar-refractivity contribution is -0.0526. The average molecular weight is 492 g/mol. The van der Waals surface area contributed by atoms with Crippen molar-refractivity contribution in [2.45, 2.75) is 52.4 Å². The molecule has 0 bridgehead atoms. The number of benzene rings is 2.